The summed E-state index contributed by atoms with van der Waals surface area (Å²) in [6, 6.07) is 6.26. The highest BCUT2D eigenvalue weighted by molar-refractivity contribution is 5.99. The molecule has 5 heteroatoms. The molecule has 1 atom stereocenters. The van der Waals surface area contributed by atoms with Crippen LogP contribution >= 0.6 is 0 Å². The van der Waals surface area contributed by atoms with Crippen molar-refractivity contribution in [1.29, 1.82) is 5.26 Å². The first kappa shape index (κ1) is 13.8. The molecule has 0 aliphatic rings. The molecule has 0 bridgehead atoms. The summed E-state index contributed by atoms with van der Waals surface area (Å²) < 4.78 is 0. The van der Waals surface area contributed by atoms with E-state index in [1.54, 1.807) is 6.92 Å². The number of carbonyl (C=O) groups excluding carboxylic acids is 1. The van der Waals surface area contributed by atoms with Crippen molar-refractivity contribution in [3.8, 4) is 6.07 Å². The van der Waals surface area contributed by atoms with E-state index in [-0.39, 0.29) is 17.0 Å². The van der Waals surface area contributed by atoms with Crippen molar-refractivity contribution in [2.75, 3.05) is 0 Å². The molecule has 0 N–H and O–H groups in total. The van der Waals surface area contributed by atoms with Crippen LogP contribution in [0.1, 0.15) is 35.7 Å². The van der Waals surface area contributed by atoms with Gasteiger partial charge in [-0.1, -0.05) is 25.5 Å². The third-order valence-electron chi connectivity index (χ3n) is 2.74. The minimum absolute atomic E-state index is 0.0889. The molecular weight excluding hydrogens is 232 g/mol. The third kappa shape index (κ3) is 2.92. The van der Waals surface area contributed by atoms with Crippen LogP contribution in [0.4, 0.5) is 5.69 Å². The zero-order valence-electron chi connectivity index (χ0n) is 10.3. The van der Waals surface area contributed by atoms with Crippen molar-refractivity contribution in [2.45, 2.75) is 26.7 Å². The van der Waals surface area contributed by atoms with Crippen molar-refractivity contribution in [3.05, 3.63) is 39.4 Å². The van der Waals surface area contributed by atoms with E-state index in [9.17, 15) is 14.9 Å². The average molecular weight is 246 g/mol. The monoisotopic (exact) mass is 246 g/mol. The van der Waals surface area contributed by atoms with Gasteiger partial charge in [0.05, 0.1) is 11.0 Å². The zero-order chi connectivity index (χ0) is 13.7. The lowest BCUT2D eigenvalue weighted by molar-refractivity contribution is -0.385. The lowest BCUT2D eigenvalue weighted by atomic mass is 9.94. The lowest BCUT2D eigenvalue weighted by Crippen LogP contribution is -2.13. The second-order valence-corrected chi connectivity index (χ2v) is 4.09. The minimum Gasteiger partial charge on any atom is -0.293 e. The Morgan fingerprint density at radius 3 is 2.72 bits per heavy atom. The second-order valence-electron chi connectivity index (χ2n) is 4.09. The van der Waals surface area contributed by atoms with Crippen molar-refractivity contribution in [3.63, 3.8) is 0 Å². The number of Topliss-reactive ketones (excluding diaryl/α,β-unsaturated/α-hetero) is 1. The van der Waals surface area contributed by atoms with Crippen molar-refractivity contribution >= 4 is 11.5 Å². The molecule has 18 heavy (non-hydrogen) atoms. The number of nitro benzene ring substituents is 1. The van der Waals surface area contributed by atoms with E-state index in [2.05, 4.69) is 0 Å². The number of ketones is 1. The Balaban J connectivity index is 3.11. The van der Waals surface area contributed by atoms with Crippen molar-refractivity contribution in [1.82, 2.24) is 0 Å². The molecule has 0 aliphatic carbocycles. The van der Waals surface area contributed by atoms with E-state index in [4.69, 9.17) is 5.26 Å². The Labute approximate surface area is 105 Å². The lowest BCUT2D eigenvalue weighted by Gasteiger charge is -2.07. The van der Waals surface area contributed by atoms with Gasteiger partial charge in [-0.3, -0.25) is 14.9 Å². The van der Waals surface area contributed by atoms with Gasteiger partial charge >= 0.3 is 0 Å². The summed E-state index contributed by atoms with van der Waals surface area (Å²) in [5, 5.41) is 19.7. The fourth-order valence-corrected chi connectivity index (χ4v) is 1.70. The molecule has 1 unspecified atom stereocenters. The number of aryl methyl sites for hydroxylation is 1. The predicted octanol–water partition coefficient (Wildman–Crippen LogP) is 3.03. The third-order valence-corrected chi connectivity index (χ3v) is 2.74. The molecule has 1 aromatic carbocycles. The first-order chi connectivity index (χ1) is 8.51. The van der Waals surface area contributed by atoms with Gasteiger partial charge in [-0.05, 0) is 13.3 Å². The fourth-order valence-electron chi connectivity index (χ4n) is 1.70. The number of hydrogen-bond acceptors (Lipinski definition) is 4. The zero-order valence-corrected chi connectivity index (χ0v) is 10.3. The summed E-state index contributed by atoms with van der Waals surface area (Å²) in [6.45, 7) is 3.50. The van der Waals surface area contributed by atoms with Gasteiger partial charge in [0.2, 0.25) is 0 Å². The molecule has 0 heterocycles. The molecule has 1 rings (SSSR count). The standard InChI is InChI=1S/C13H14N2O3/c1-3-4-11(8-14)13(16)10-6-5-9(2)12(7-10)15(17)18/h5-7,11H,3-4H2,1-2H3. The number of nitro groups is 1. The number of nitriles is 1. The Morgan fingerprint density at radius 2 is 2.22 bits per heavy atom. The van der Waals surface area contributed by atoms with Crippen LogP contribution in [0.15, 0.2) is 18.2 Å². The molecule has 1 aromatic rings. The number of nitrogens with zero attached hydrogens (tertiary/aromatic N) is 2. The van der Waals surface area contributed by atoms with Gasteiger partial charge in [0.1, 0.15) is 5.92 Å². The summed E-state index contributed by atoms with van der Waals surface area (Å²) in [6.07, 6.45) is 1.19. The molecule has 0 aliphatic heterocycles. The van der Waals surface area contributed by atoms with Gasteiger partial charge in [0.15, 0.2) is 5.78 Å². The molecular formula is C13H14N2O3. The maximum atomic E-state index is 12.0. The maximum Gasteiger partial charge on any atom is 0.273 e. The molecule has 0 saturated heterocycles. The molecule has 0 aromatic heterocycles. The first-order valence-electron chi connectivity index (χ1n) is 5.70. The van der Waals surface area contributed by atoms with Gasteiger partial charge in [0.25, 0.3) is 5.69 Å². The van der Waals surface area contributed by atoms with E-state index in [1.807, 2.05) is 13.0 Å². The Kier molecular flexibility index (Phi) is 4.55. The number of hydrogen-bond donors (Lipinski definition) is 0. The van der Waals surface area contributed by atoms with Crippen LogP contribution in [0.5, 0.6) is 0 Å². The SMILES string of the molecule is CCCC(C#N)C(=O)c1ccc(C)c([N+](=O)[O-])c1. The number of benzene rings is 1. The highest BCUT2D eigenvalue weighted by Gasteiger charge is 2.21. The van der Waals surface area contributed by atoms with Crippen LogP contribution in [-0.2, 0) is 0 Å². The van der Waals surface area contributed by atoms with Gasteiger partial charge < -0.3 is 0 Å². The van der Waals surface area contributed by atoms with E-state index in [0.29, 0.717) is 12.0 Å². The maximum absolute atomic E-state index is 12.0. The van der Waals surface area contributed by atoms with Gasteiger partial charge in [-0.15, -0.1) is 0 Å². The van der Waals surface area contributed by atoms with Crippen LogP contribution < -0.4 is 0 Å². The van der Waals surface area contributed by atoms with Crippen LogP contribution in [0.2, 0.25) is 0 Å². The molecule has 94 valence electrons. The second kappa shape index (κ2) is 5.92. The summed E-state index contributed by atoms with van der Waals surface area (Å²) in [5.41, 5.74) is 0.641. The Hall–Kier alpha value is -2.22. The topological polar surface area (TPSA) is 84.0 Å². The first-order valence-corrected chi connectivity index (χ1v) is 5.70. The fraction of sp³-hybridized carbons (Fsp3) is 0.385. The van der Waals surface area contributed by atoms with E-state index in [0.717, 1.165) is 6.42 Å². The number of rotatable bonds is 5. The molecule has 0 amide bonds. The quantitative estimate of drug-likeness (QED) is 0.454. The van der Waals surface area contributed by atoms with Crippen LogP contribution in [0, 0.1) is 34.3 Å². The molecule has 0 saturated carbocycles. The Bertz CT molecular complexity index is 517. The summed E-state index contributed by atoms with van der Waals surface area (Å²) in [5.74, 6) is -1.07. The predicted molar refractivity (Wildman–Crippen MR) is 66.2 cm³/mol. The minimum atomic E-state index is -0.725. The number of carbonyl (C=O) groups is 1. The van der Waals surface area contributed by atoms with Crippen LogP contribution in [0.25, 0.3) is 0 Å². The summed E-state index contributed by atoms with van der Waals surface area (Å²) in [7, 11) is 0. The summed E-state index contributed by atoms with van der Waals surface area (Å²) >= 11 is 0. The normalized spacial score (nSPS) is 11.6. The smallest absolute Gasteiger partial charge is 0.273 e. The van der Waals surface area contributed by atoms with Gasteiger partial charge in [-0.2, -0.15) is 5.26 Å². The van der Waals surface area contributed by atoms with Crippen LogP contribution in [-0.4, -0.2) is 10.7 Å². The van der Waals surface area contributed by atoms with Gasteiger partial charge in [0, 0.05) is 17.2 Å². The molecule has 0 spiro atoms. The van der Waals surface area contributed by atoms with Gasteiger partial charge in [-0.25, -0.2) is 0 Å². The summed E-state index contributed by atoms with van der Waals surface area (Å²) in [4.78, 5) is 22.3. The molecule has 0 radical (unpaired) electrons. The average Bonchev–Trinajstić information content (AvgIpc) is 2.35. The van der Waals surface area contributed by atoms with E-state index >= 15 is 0 Å². The highest BCUT2D eigenvalue weighted by Crippen LogP contribution is 2.22. The van der Waals surface area contributed by atoms with E-state index in [1.165, 1.54) is 18.2 Å². The van der Waals surface area contributed by atoms with Crippen molar-refractivity contribution < 1.29 is 9.72 Å². The molecule has 0 fully saturated rings. The largest absolute Gasteiger partial charge is 0.293 e. The van der Waals surface area contributed by atoms with E-state index < -0.39 is 10.8 Å². The highest BCUT2D eigenvalue weighted by atomic mass is 16.6. The Morgan fingerprint density at radius 1 is 1.56 bits per heavy atom. The van der Waals surface area contributed by atoms with Crippen LogP contribution in [0.3, 0.4) is 0 Å². The van der Waals surface area contributed by atoms with Crippen molar-refractivity contribution in [2.24, 2.45) is 5.92 Å². The molecule has 5 nitrogen and oxygen atoms in total.